The van der Waals surface area contributed by atoms with Crippen molar-refractivity contribution in [2.75, 3.05) is 45.2 Å². The van der Waals surface area contributed by atoms with Gasteiger partial charge in [0.05, 0.1) is 11.8 Å². The zero-order valence-electron chi connectivity index (χ0n) is 19.8. The van der Waals surface area contributed by atoms with Crippen LogP contribution in [0.2, 0.25) is 0 Å². The number of carbonyl (C=O) groups excluding carboxylic acids is 1. The predicted octanol–water partition coefficient (Wildman–Crippen LogP) is 3.79. The first kappa shape index (κ1) is 24.4. The number of piperidine rings is 1. The molecule has 0 aliphatic carbocycles. The summed E-state index contributed by atoms with van der Waals surface area (Å²) in [6, 6.07) is 12.1. The Kier molecular flexibility index (Phi) is 8.73. The Morgan fingerprint density at radius 2 is 1.82 bits per heavy atom. The fraction of sp³-hybridized carbons (Fsp3) is 0.462. The van der Waals surface area contributed by atoms with Crippen LogP contribution in [0.4, 0.5) is 5.69 Å². The lowest BCUT2D eigenvalue weighted by atomic mass is 10.1. The fourth-order valence-corrected chi connectivity index (χ4v) is 5.32. The number of nitrogens with zero attached hydrogens (tertiary/aromatic N) is 1. The lowest BCUT2D eigenvalue weighted by molar-refractivity contribution is -0.116. The van der Waals surface area contributed by atoms with Gasteiger partial charge in [-0.1, -0.05) is 36.0 Å². The van der Waals surface area contributed by atoms with Crippen LogP contribution in [0.5, 0.6) is 5.75 Å². The minimum atomic E-state index is -0.0599. The molecule has 1 aromatic heterocycles. The lowest BCUT2D eigenvalue weighted by Crippen LogP contribution is -2.32. The normalized spacial score (nSPS) is 14.4. The number of rotatable bonds is 11. The van der Waals surface area contributed by atoms with Gasteiger partial charge in [-0.3, -0.25) is 9.59 Å². The molecule has 0 bridgehead atoms. The van der Waals surface area contributed by atoms with Crippen molar-refractivity contribution in [2.45, 2.75) is 38.5 Å². The number of carbonyl (C=O) groups is 1. The van der Waals surface area contributed by atoms with E-state index in [0.29, 0.717) is 12.2 Å². The molecule has 3 aromatic rings. The summed E-state index contributed by atoms with van der Waals surface area (Å²) in [7, 11) is 1.61. The number of methoxy groups -OCH3 is 1. The molecular formula is C26H34N4O3S. The third-order valence-electron chi connectivity index (χ3n) is 6.35. The lowest BCUT2D eigenvalue weighted by Gasteiger charge is -2.25. The van der Waals surface area contributed by atoms with Crippen LogP contribution >= 0.6 is 11.3 Å². The number of ether oxygens (including phenoxy) is 1. The molecule has 3 N–H and O–H groups in total. The summed E-state index contributed by atoms with van der Waals surface area (Å²) in [4.78, 5) is 29.2. The van der Waals surface area contributed by atoms with Gasteiger partial charge in [-0.15, -0.1) is 0 Å². The molecule has 2 heterocycles. The Hall–Kier alpha value is -2.68. The number of hydrogen-bond acceptors (Lipinski definition) is 6. The van der Waals surface area contributed by atoms with E-state index in [1.165, 1.54) is 36.2 Å². The number of aromatic nitrogens is 1. The van der Waals surface area contributed by atoms with Gasteiger partial charge in [0.2, 0.25) is 5.91 Å². The van der Waals surface area contributed by atoms with Crippen molar-refractivity contribution < 1.29 is 9.53 Å². The SMILES string of the molecule is COc1ccc(CCNCCc2ccc(NC(=O)CCN3CCCCC3)cc2)c2sc(=O)[nH]c12. The number of nitrogens with one attached hydrogen (secondary N) is 3. The topological polar surface area (TPSA) is 86.5 Å². The highest BCUT2D eigenvalue weighted by atomic mass is 32.1. The molecular weight excluding hydrogens is 448 g/mol. The molecule has 2 aromatic carbocycles. The molecule has 0 atom stereocenters. The fourth-order valence-electron chi connectivity index (χ4n) is 4.43. The highest BCUT2D eigenvalue weighted by molar-refractivity contribution is 7.16. The Labute approximate surface area is 204 Å². The van der Waals surface area contributed by atoms with Gasteiger partial charge in [0, 0.05) is 18.7 Å². The van der Waals surface area contributed by atoms with Crippen LogP contribution in [-0.4, -0.2) is 55.6 Å². The third kappa shape index (κ3) is 6.68. The molecule has 8 heteroatoms. The summed E-state index contributed by atoms with van der Waals surface area (Å²) < 4.78 is 6.32. The molecule has 4 rings (SSSR count). The van der Waals surface area contributed by atoms with Gasteiger partial charge in [-0.05, 0) is 81.2 Å². The van der Waals surface area contributed by atoms with Gasteiger partial charge < -0.3 is 25.3 Å². The Bertz CT molecular complexity index is 1130. The number of thiazole rings is 1. The van der Waals surface area contributed by atoms with Crippen molar-refractivity contribution in [1.82, 2.24) is 15.2 Å². The second-order valence-corrected chi connectivity index (χ2v) is 9.78. The second-order valence-electron chi connectivity index (χ2n) is 8.79. The molecule has 34 heavy (non-hydrogen) atoms. The zero-order chi connectivity index (χ0) is 23.8. The van der Waals surface area contributed by atoms with E-state index >= 15 is 0 Å². The van der Waals surface area contributed by atoms with E-state index in [4.69, 9.17) is 4.74 Å². The number of likely N-dealkylation sites (tertiary alicyclic amines) is 1. The molecule has 1 fully saturated rings. The largest absolute Gasteiger partial charge is 0.495 e. The monoisotopic (exact) mass is 482 g/mol. The van der Waals surface area contributed by atoms with Crippen molar-refractivity contribution in [3.8, 4) is 5.75 Å². The number of amides is 1. The molecule has 1 aliphatic heterocycles. The Morgan fingerprint density at radius 3 is 2.59 bits per heavy atom. The molecule has 1 saturated heterocycles. The number of fused-ring (bicyclic) bond motifs is 1. The second kappa shape index (κ2) is 12.1. The standard InChI is InChI=1S/C26H34N4O3S/c1-33-22-10-7-20(25-24(22)29-26(32)34-25)12-15-27-14-11-19-5-8-21(9-6-19)28-23(31)13-18-30-16-3-2-4-17-30/h5-10,27H,2-4,11-18H2,1H3,(H,28,31)(H,29,32). The van der Waals surface area contributed by atoms with Crippen molar-refractivity contribution in [3.05, 3.63) is 57.2 Å². The average molecular weight is 483 g/mol. The van der Waals surface area contributed by atoms with Gasteiger partial charge >= 0.3 is 4.87 Å². The van der Waals surface area contributed by atoms with Gasteiger partial charge in [0.15, 0.2) is 0 Å². The van der Waals surface area contributed by atoms with E-state index in [1.54, 1.807) is 7.11 Å². The number of benzene rings is 2. The predicted molar refractivity (Wildman–Crippen MR) is 139 cm³/mol. The van der Waals surface area contributed by atoms with Crippen LogP contribution in [0.3, 0.4) is 0 Å². The summed E-state index contributed by atoms with van der Waals surface area (Å²) in [5.41, 5.74) is 4.02. The first-order valence-corrected chi connectivity index (χ1v) is 12.9. The molecule has 1 aliphatic rings. The molecule has 7 nitrogen and oxygen atoms in total. The smallest absolute Gasteiger partial charge is 0.305 e. The van der Waals surface area contributed by atoms with Crippen LogP contribution in [0.25, 0.3) is 10.2 Å². The molecule has 0 saturated carbocycles. The van der Waals surface area contributed by atoms with Crippen LogP contribution in [0, 0.1) is 0 Å². The number of H-pyrrole nitrogens is 1. The minimum Gasteiger partial charge on any atom is -0.495 e. The maximum atomic E-state index is 12.2. The van der Waals surface area contributed by atoms with E-state index in [0.717, 1.165) is 67.0 Å². The molecule has 0 spiro atoms. The van der Waals surface area contributed by atoms with Crippen molar-refractivity contribution >= 4 is 33.1 Å². The summed E-state index contributed by atoms with van der Waals surface area (Å²) in [5.74, 6) is 0.784. The average Bonchev–Trinajstić information content (AvgIpc) is 3.26. The van der Waals surface area contributed by atoms with Crippen molar-refractivity contribution in [2.24, 2.45) is 0 Å². The molecule has 0 radical (unpaired) electrons. The van der Waals surface area contributed by atoms with Crippen molar-refractivity contribution in [3.63, 3.8) is 0 Å². The summed E-state index contributed by atoms with van der Waals surface area (Å²) in [6.07, 6.45) is 6.12. The number of anilines is 1. The maximum absolute atomic E-state index is 12.2. The molecule has 0 unspecified atom stereocenters. The minimum absolute atomic E-state index is 0.0599. The molecule has 1 amide bonds. The van der Waals surface area contributed by atoms with Crippen LogP contribution in [0.15, 0.2) is 41.2 Å². The summed E-state index contributed by atoms with van der Waals surface area (Å²) in [6.45, 7) is 4.78. The molecule has 182 valence electrons. The van der Waals surface area contributed by atoms with Gasteiger partial charge in [-0.2, -0.15) is 0 Å². The quantitative estimate of drug-likeness (QED) is 0.362. The zero-order valence-corrected chi connectivity index (χ0v) is 20.6. The maximum Gasteiger partial charge on any atom is 0.305 e. The van der Waals surface area contributed by atoms with E-state index in [9.17, 15) is 9.59 Å². The summed E-state index contributed by atoms with van der Waals surface area (Å²) >= 11 is 1.23. The van der Waals surface area contributed by atoms with Crippen molar-refractivity contribution in [1.29, 1.82) is 0 Å². The van der Waals surface area contributed by atoms with Crippen LogP contribution in [-0.2, 0) is 17.6 Å². The number of aromatic amines is 1. The number of hydrogen-bond donors (Lipinski definition) is 3. The Morgan fingerprint density at radius 1 is 1.06 bits per heavy atom. The van der Waals surface area contributed by atoms with E-state index in [2.05, 4.69) is 32.7 Å². The van der Waals surface area contributed by atoms with Gasteiger partial charge in [-0.25, -0.2) is 0 Å². The van der Waals surface area contributed by atoms with Gasteiger partial charge in [0.25, 0.3) is 0 Å². The van der Waals surface area contributed by atoms with Crippen LogP contribution < -0.4 is 20.2 Å². The highest BCUT2D eigenvalue weighted by Gasteiger charge is 2.12. The Balaban J connectivity index is 1.17. The first-order valence-electron chi connectivity index (χ1n) is 12.1. The highest BCUT2D eigenvalue weighted by Crippen LogP contribution is 2.28. The third-order valence-corrected chi connectivity index (χ3v) is 7.30. The van der Waals surface area contributed by atoms with E-state index < -0.39 is 0 Å². The van der Waals surface area contributed by atoms with Crippen LogP contribution in [0.1, 0.15) is 36.8 Å². The van der Waals surface area contributed by atoms with Gasteiger partial charge in [0.1, 0.15) is 11.3 Å². The summed E-state index contributed by atoms with van der Waals surface area (Å²) in [5, 5.41) is 6.50. The first-order chi connectivity index (χ1) is 16.6. The van der Waals surface area contributed by atoms with E-state index in [-0.39, 0.29) is 10.8 Å². The van der Waals surface area contributed by atoms with E-state index in [1.807, 2.05) is 24.3 Å².